The predicted molar refractivity (Wildman–Crippen MR) is 86.4 cm³/mol. The van der Waals surface area contributed by atoms with E-state index in [2.05, 4.69) is 48.6 Å². The molecule has 0 aromatic heterocycles. The lowest BCUT2D eigenvalue weighted by Crippen LogP contribution is -2.11. The van der Waals surface area contributed by atoms with E-state index in [1.165, 1.54) is 16.0 Å². The van der Waals surface area contributed by atoms with Crippen LogP contribution in [-0.2, 0) is 12.3 Å². The van der Waals surface area contributed by atoms with Gasteiger partial charge in [0.1, 0.15) is 5.75 Å². The Balaban J connectivity index is 1.89. The molecule has 0 heterocycles. The van der Waals surface area contributed by atoms with E-state index in [9.17, 15) is 0 Å². The molecule has 0 spiro atoms. The fourth-order valence-corrected chi connectivity index (χ4v) is 2.74. The first-order valence-electron chi connectivity index (χ1n) is 6.87. The topological polar surface area (TPSA) is 21.3 Å². The minimum Gasteiger partial charge on any atom is -0.497 e. The van der Waals surface area contributed by atoms with Gasteiger partial charge in [0.05, 0.1) is 7.11 Å². The second-order valence-corrected chi connectivity index (χ2v) is 5.61. The molecule has 1 N–H and O–H groups in total. The third-order valence-electron chi connectivity index (χ3n) is 3.04. The average Bonchev–Trinajstić information content (AvgIpc) is 2.52. The highest BCUT2D eigenvalue weighted by atomic mass is 32.2. The molecule has 3 heteroatoms. The van der Waals surface area contributed by atoms with Crippen LogP contribution in [-0.4, -0.2) is 13.7 Å². The maximum Gasteiger partial charge on any atom is 0.119 e. The van der Waals surface area contributed by atoms with Crippen molar-refractivity contribution in [1.82, 2.24) is 5.32 Å². The van der Waals surface area contributed by atoms with Gasteiger partial charge < -0.3 is 10.1 Å². The van der Waals surface area contributed by atoms with Gasteiger partial charge in [0.2, 0.25) is 0 Å². The van der Waals surface area contributed by atoms with Crippen molar-refractivity contribution < 1.29 is 4.74 Å². The van der Waals surface area contributed by atoms with Crippen LogP contribution in [0, 0.1) is 0 Å². The van der Waals surface area contributed by atoms with E-state index < -0.39 is 0 Å². The zero-order chi connectivity index (χ0) is 14.2. The molecule has 2 aromatic carbocycles. The summed E-state index contributed by atoms with van der Waals surface area (Å²) in [4.78, 5) is 1.30. The zero-order valence-electron chi connectivity index (χ0n) is 12.1. The van der Waals surface area contributed by atoms with Gasteiger partial charge in [-0.2, -0.15) is 0 Å². The summed E-state index contributed by atoms with van der Waals surface area (Å²) < 4.78 is 5.24. The van der Waals surface area contributed by atoms with Gasteiger partial charge in [0.15, 0.2) is 0 Å². The molecular formula is C17H21NOS. The van der Waals surface area contributed by atoms with Crippen molar-refractivity contribution >= 4 is 11.8 Å². The van der Waals surface area contributed by atoms with Gasteiger partial charge >= 0.3 is 0 Å². The van der Waals surface area contributed by atoms with Crippen molar-refractivity contribution in [2.45, 2.75) is 24.1 Å². The Morgan fingerprint density at radius 2 is 1.85 bits per heavy atom. The molecule has 20 heavy (non-hydrogen) atoms. The predicted octanol–water partition coefficient (Wildman–Crippen LogP) is 4.10. The first-order chi connectivity index (χ1) is 9.81. The number of benzene rings is 2. The fourth-order valence-electron chi connectivity index (χ4n) is 1.90. The number of nitrogens with one attached hydrogen (secondary N) is 1. The van der Waals surface area contributed by atoms with E-state index in [4.69, 9.17) is 4.74 Å². The lowest BCUT2D eigenvalue weighted by molar-refractivity contribution is 0.414. The Labute approximate surface area is 125 Å². The van der Waals surface area contributed by atoms with E-state index in [0.29, 0.717) is 0 Å². The highest BCUT2D eigenvalue weighted by Gasteiger charge is 1.99. The Hall–Kier alpha value is -1.45. The van der Waals surface area contributed by atoms with Crippen molar-refractivity contribution in [2.75, 3.05) is 13.7 Å². The molecule has 0 bridgehead atoms. The van der Waals surface area contributed by atoms with Gasteiger partial charge in [-0.15, -0.1) is 11.8 Å². The maximum absolute atomic E-state index is 5.24. The number of ether oxygens (including phenoxy) is 1. The summed E-state index contributed by atoms with van der Waals surface area (Å²) in [7, 11) is 1.70. The second kappa shape index (κ2) is 7.98. The van der Waals surface area contributed by atoms with Gasteiger partial charge in [0, 0.05) is 17.2 Å². The van der Waals surface area contributed by atoms with E-state index in [-0.39, 0.29) is 0 Å². The van der Waals surface area contributed by atoms with Gasteiger partial charge in [-0.25, -0.2) is 0 Å². The monoisotopic (exact) mass is 287 g/mol. The molecule has 2 aromatic rings. The Morgan fingerprint density at radius 1 is 1.05 bits per heavy atom. The molecular weight excluding hydrogens is 266 g/mol. The van der Waals surface area contributed by atoms with Crippen molar-refractivity contribution in [3.05, 3.63) is 59.7 Å². The highest BCUT2D eigenvalue weighted by molar-refractivity contribution is 7.98. The second-order valence-electron chi connectivity index (χ2n) is 4.56. The molecule has 0 saturated carbocycles. The fraction of sp³-hybridized carbons (Fsp3) is 0.294. The van der Waals surface area contributed by atoms with Crippen molar-refractivity contribution in [2.24, 2.45) is 0 Å². The number of hydrogen-bond donors (Lipinski definition) is 1. The molecule has 0 saturated heterocycles. The summed E-state index contributed by atoms with van der Waals surface area (Å²) >= 11 is 1.85. The average molecular weight is 287 g/mol. The van der Waals surface area contributed by atoms with E-state index in [0.717, 1.165) is 24.6 Å². The summed E-state index contributed by atoms with van der Waals surface area (Å²) in [6.07, 6.45) is 0. The minimum atomic E-state index is 0.920. The maximum atomic E-state index is 5.24. The molecule has 0 aliphatic rings. The summed E-state index contributed by atoms with van der Waals surface area (Å²) in [5, 5.41) is 3.33. The number of hydrogen-bond acceptors (Lipinski definition) is 3. The lowest BCUT2D eigenvalue weighted by atomic mass is 10.2. The number of rotatable bonds is 7. The summed E-state index contributed by atoms with van der Waals surface area (Å²) in [5.74, 6) is 1.88. The third kappa shape index (κ3) is 4.58. The minimum absolute atomic E-state index is 0.920. The van der Waals surface area contributed by atoms with Crippen LogP contribution in [0.4, 0.5) is 0 Å². The van der Waals surface area contributed by atoms with E-state index in [1.807, 2.05) is 23.9 Å². The molecule has 0 atom stereocenters. The van der Waals surface area contributed by atoms with Crippen LogP contribution in [0.1, 0.15) is 18.1 Å². The standard InChI is InChI=1S/C17H21NOS/c1-3-18-12-14-7-9-17(10-8-14)20-13-15-5-4-6-16(11-15)19-2/h4-11,18H,3,12-13H2,1-2H3. The van der Waals surface area contributed by atoms with Crippen LogP contribution in [0.25, 0.3) is 0 Å². The van der Waals surface area contributed by atoms with Crippen molar-refractivity contribution in [3.8, 4) is 5.75 Å². The summed E-state index contributed by atoms with van der Waals surface area (Å²) in [6, 6.07) is 17.0. The molecule has 0 radical (unpaired) electrons. The Kier molecular flexibility index (Phi) is 5.96. The van der Waals surface area contributed by atoms with Crippen LogP contribution >= 0.6 is 11.8 Å². The van der Waals surface area contributed by atoms with Crippen LogP contribution in [0.5, 0.6) is 5.75 Å². The smallest absolute Gasteiger partial charge is 0.119 e. The van der Waals surface area contributed by atoms with E-state index in [1.54, 1.807) is 7.11 Å². The van der Waals surface area contributed by atoms with Gasteiger partial charge in [-0.05, 0) is 41.9 Å². The first kappa shape index (κ1) is 14.9. The third-order valence-corrected chi connectivity index (χ3v) is 4.13. The normalized spacial score (nSPS) is 10.5. The molecule has 0 fully saturated rings. The Bertz CT molecular complexity index is 525. The molecule has 0 aliphatic heterocycles. The SMILES string of the molecule is CCNCc1ccc(SCc2cccc(OC)c2)cc1. The number of methoxy groups -OCH3 is 1. The van der Waals surface area contributed by atoms with Crippen LogP contribution in [0.3, 0.4) is 0 Å². The molecule has 0 amide bonds. The van der Waals surface area contributed by atoms with Crippen molar-refractivity contribution in [1.29, 1.82) is 0 Å². The van der Waals surface area contributed by atoms with Crippen LogP contribution < -0.4 is 10.1 Å². The van der Waals surface area contributed by atoms with E-state index >= 15 is 0 Å². The molecule has 0 unspecified atom stereocenters. The van der Waals surface area contributed by atoms with Crippen molar-refractivity contribution in [3.63, 3.8) is 0 Å². The van der Waals surface area contributed by atoms with Crippen LogP contribution in [0.15, 0.2) is 53.4 Å². The van der Waals surface area contributed by atoms with Gasteiger partial charge in [0.25, 0.3) is 0 Å². The van der Waals surface area contributed by atoms with Gasteiger partial charge in [-0.1, -0.05) is 31.2 Å². The molecule has 2 rings (SSSR count). The summed E-state index contributed by atoms with van der Waals surface area (Å²) in [5.41, 5.74) is 2.61. The largest absolute Gasteiger partial charge is 0.497 e. The molecule has 0 aliphatic carbocycles. The number of thioether (sulfide) groups is 1. The lowest BCUT2D eigenvalue weighted by Gasteiger charge is -2.06. The molecule has 2 nitrogen and oxygen atoms in total. The zero-order valence-corrected chi connectivity index (χ0v) is 12.9. The molecule has 106 valence electrons. The summed E-state index contributed by atoms with van der Waals surface area (Å²) in [6.45, 7) is 4.07. The van der Waals surface area contributed by atoms with Crippen LogP contribution in [0.2, 0.25) is 0 Å². The first-order valence-corrected chi connectivity index (χ1v) is 7.85. The Morgan fingerprint density at radius 3 is 2.55 bits per heavy atom. The quantitative estimate of drug-likeness (QED) is 0.775. The highest BCUT2D eigenvalue weighted by Crippen LogP contribution is 2.24. The van der Waals surface area contributed by atoms with Gasteiger partial charge in [-0.3, -0.25) is 0 Å².